The molecule has 0 radical (unpaired) electrons. The Morgan fingerprint density at radius 1 is 0.800 bits per heavy atom. The molecule has 3 heteroatoms. The van der Waals surface area contributed by atoms with Crippen molar-refractivity contribution < 1.29 is 14.3 Å². The van der Waals surface area contributed by atoms with Crippen molar-refractivity contribution in [1.82, 2.24) is 0 Å². The lowest BCUT2D eigenvalue weighted by Crippen LogP contribution is -2.21. The minimum absolute atomic E-state index is 0.0992. The van der Waals surface area contributed by atoms with E-state index in [0.29, 0.717) is 6.42 Å². The van der Waals surface area contributed by atoms with E-state index in [1.54, 1.807) is 6.92 Å². The number of carbonyl (C=O) groups is 2. The summed E-state index contributed by atoms with van der Waals surface area (Å²) in [6.45, 7) is 5.33. The van der Waals surface area contributed by atoms with E-state index in [-0.39, 0.29) is 11.8 Å². The molecule has 0 bridgehead atoms. The Kier molecular flexibility index (Phi) is 16.9. The lowest BCUT2D eigenvalue weighted by atomic mass is 10.1. The van der Waals surface area contributed by atoms with Crippen LogP contribution in [0.15, 0.2) is 12.2 Å². The zero-order valence-electron chi connectivity index (χ0n) is 16.9. The van der Waals surface area contributed by atoms with Crippen molar-refractivity contribution in [3.63, 3.8) is 0 Å². The summed E-state index contributed by atoms with van der Waals surface area (Å²) in [4.78, 5) is 22.5. The summed E-state index contributed by atoms with van der Waals surface area (Å²) in [6.07, 6.45) is 20.6. The fraction of sp³-hybridized carbons (Fsp3) is 0.818. The van der Waals surface area contributed by atoms with Crippen LogP contribution in [0.3, 0.4) is 0 Å². The van der Waals surface area contributed by atoms with E-state index in [2.05, 4.69) is 19.1 Å². The second kappa shape index (κ2) is 17.7. The highest BCUT2D eigenvalue weighted by atomic mass is 16.5. The van der Waals surface area contributed by atoms with Crippen LogP contribution < -0.4 is 0 Å². The minimum Gasteiger partial charge on any atom is -0.455 e. The molecule has 0 unspecified atom stereocenters. The number of hydrogen-bond donors (Lipinski definition) is 0. The Bertz CT molecular complexity index is 360. The number of hydrogen-bond acceptors (Lipinski definition) is 3. The van der Waals surface area contributed by atoms with E-state index < -0.39 is 6.10 Å². The second-order valence-corrected chi connectivity index (χ2v) is 7.08. The highest BCUT2D eigenvalue weighted by molar-refractivity contribution is 5.83. The topological polar surface area (TPSA) is 43.4 Å². The van der Waals surface area contributed by atoms with E-state index in [4.69, 9.17) is 4.74 Å². The lowest BCUT2D eigenvalue weighted by molar-refractivity contribution is -0.153. The number of allylic oxidation sites excluding steroid dienone is 2. The Morgan fingerprint density at radius 2 is 1.28 bits per heavy atom. The summed E-state index contributed by atoms with van der Waals surface area (Å²) in [6, 6.07) is 0. The van der Waals surface area contributed by atoms with Crippen LogP contribution in [0.2, 0.25) is 0 Å². The Balaban J connectivity index is 3.29. The molecule has 0 fully saturated rings. The normalized spacial score (nSPS) is 12.4. The van der Waals surface area contributed by atoms with Crippen LogP contribution in [0.5, 0.6) is 0 Å². The number of ketones is 1. The average Bonchev–Trinajstić information content (AvgIpc) is 2.58. The van der Waals surface area contributed by atoms with Crippen molar-refractivity contribution >= 4 is 11.8 Å². The molecule has 0 aromatic heterocycles. The van der Waals surface area contributed by atoms with Gasteiger partial charge in [0.15, 0.2) is 11.9 Å². The fourth-order valence-electron chi connectivity index (χ4n) is 2.68. The van der Waals surface area contributed by atoms with E-state index in [9.17, 15) is 9.59 Å². The third-order valence-corrected chi connectivity index (χ3v) is 4.52. The lowest BCUT2D eigenvalue weighted by Gasteiger charge is -2.09. The highest BCUT2D eigenvalue weighted by Crippen LogP contribution is 2.10. The number of unbranched alkanes of at least 4 members (excludes halogenated alkanes) is 11. The zero-order chi connectivity index (χ0) is 18.8. The van der Waals surface area contributed by atoms with Gasteiger partial charge in [0.05, 0.1) is 0 Å². The number of Topliss-reactive ketones (excluding diaryl/α,β-unsaturated/α-hetero) is 1. The maximum Gasteiger partial charge on any atom is 0.306 e. The summed E-state index contributed by atoms with van der Waals surface area (Å²) in [5, 5.41) is 0. The molecular formula is C22H40O3. The maximum atomic E-state index is 11.5. The molecule has 0 rings (SSSR count). The summed E-state index contributed by atoms with van der Waals surface area (Å²) < 4.78 is 5.03. The van der Waals surface area contributed by atoms with Gasteiger partial charge in [-0.1, -0.05) is 70.4 Å². The quantitative estimate of drug-likeness (QED) is 0.169. The second-order valence-electron chi connectivity index (χ2n) is 7.08. The number of carbonyl (C=O) groups excluding carboxylic acids is 2. The van der Waals surface area contributed by atoms with Crippen LogP contribution in [0.1, 0.15) is 111 Å². The Labute approximate surface area is 155 Å². The van der Waals surface area contributed by atoms with Gasteiger partial charge in [-0.15, -0.1) is 0 Å². The van der Waals surface area contributed by atoms with Crippen molar-refractivity contribution in [2.24, 2.45) is 0 Å². The molecule has 0 amide bonds. The van der Waals surface area contributed by atoms with Gasteiger partial charge in [-0.3, -0.25) is 9.59 Å². The van der Waals surface area contributed by atoms with Crippen molar-refractivity contribution in [1.29, 1.82) is 0 Å². The van der Waals surface area contributed by atoms with E-state index in [0.717, 1.165) is 12.8 Å². The molecule has 1 atom stereocenters. The summed E-state index contributed by atoms with van der Waals surface area (Å²) in [5.74, 6) is -0.349. The number of esters is 1. The Morgan fingerprint density at radius 3 is 1.80 bits per heavy atom. The number of rotatable bonds is 17. The molecule has 25 heavy (non-hydrogen) atoms. The van der Waals surface area contributed by atoms with Crippen molar-refractivity contribution in [3.05, 3.63) is 12.2 Å². The van der Waals surface area contributed by atoms with E-state index >= 15 is 0 Å². The monoisotopic (exact) mass is 352 g/mol. The van der Waals surface area contributed by atoms with Gasteiger partial charge in [0.1, 0.15) is 0 Å². The molecule has 0 heterocycles. The minimum atomic E-state index is -0.601. The molecule has 0 saturated carbocycles. The van der Waals surface area contributed by atoms with Gasteiger partial charge in [-0.05, 0) is 46.0 Å². The summed E-state index contributed by atoms with van der Waals surface area (Å²) in [7, 11) is 0. The fourth-order valence-corrected chi connectivity index (χ4v) is 2.68. The van der Waals surface area contributed by atoms with Crippen LogP contribution in [0.4, 0.5) is 0 Å². The standard InChI is InChI=1S/C22H40O3/c1-4-5-6-7-8-9-10-11-12-13-14-15-16-17-18-19-22(24)25-21(3)20(2)23/h11-12,21H,4-10,13-19H2,1-3H3/b12-11+/t21-/m0/s1. The molecule has 0 aromatic rings. The van der Waals surface area contributed by atoms with Crippen molar-refractivity contribution in [3.8, 4) is 0 Å². The molecule has 0 N–H and O–H groups in total. The summed E-state index contributed by atoms with van der Waals surface area (Å²) in [5.41, 5.74) is 0. The molecular weight excluding hydrogens is 312 g/mol. The van der Waals surface area contributed by atoms with Gasteiger partial charge in [0.25, 0.3) is 0 Å². The van der Waals surface area contributed by atoms with Crippen LogP contribution in [-0.2, 0) is 14.3 Å². The Hall–Kier alpha value is -1.12. The van der Waals surface area contributed by atoms with Crippen LogP contribution in [-0.4, -0.2) is 17.9 Å². The smallest absolute Gasteiger partial charge is 0.306 e. The first-order valence-electron chi connectivity index (χ1n) is 10.4. The first kappa shape index (κ1) is 23.9. The van der Waals surface area contributed by atoms with E-state index in [1.165, 1.54) is 77.6 Å². The van der Waals surface area contributed by atoms with Gasteiger partial charge in [-0.2, -0.15) is 0 Å². The van der Waals surface area contributed by atoms with Gasteiger partial charge >= 0.3 is 5.97 Å². The largest absolute Gasteiger partial charge is 0.455 e. The molecule has 3 nitrogen and oxygen atoms in total. The predicted octanol–water partition coefficient (Wildman–Crippen LogP) is 6.54. The maximum absolute atomic E-state index is 11.5. The molecule has 0 saturated heterocycles. The van der Waals surface area contributed by atoms with Crippen molar-refractivity contribution in [2.45, 2.75) is 117 Å². The zero-order valence-corrected chi connectivity index (χ0v) is 16.9. The van der Waals surface area contributed by atoms with Crippen LogP contribution >= 0.6 is 0 Å². The molecule has 0 aliphatic rings. The van der Waals surface area contributed by atoms with Gasteiger partial charge in [-0.25, -0.2) is 0 Å². The first-order valence-corrected chi connectivity index (χ1v) is 10.4. The molecule has 0 aliphatic carbocycles. The first-order chi connectivity index (χ1) is 12.1. The van der Waals surface area contributed by atoms with Gasteiger partial charge in [0, 0.05) is 6.42 Å². The SMILES string of the molecule is CCCCCCCC/C=C/CCCCCCCC(=O)O[C@@H](C)C(C)=O. The van der Waals surface area contributed by atoms with Gasteiger partial charge < -0.3 is 4.74 Å². The number of ether oxygens (including phenoxy) is 1. The molecule has 146 valence electrons. The predicted molar refractivity (Wildman–Crippen MR) is 106 cm³/mol. The van der Waals surface area contributed by atoms with E-state index in [1.807, 2.05) is 0 Å². The third-order valence-electron chi connectivity index (χ3n) is 4.52. The molecule has 0 aromatic carbocycles. The van der Waals surface area contributed by atoms with Gasteiger partial charge in [0.2, 0.25) is 0 Å². The molecule has 0 aliphatic heterocycles. The third kappa shape index (κ3) is 17.5. The van der Waals surface area contributed by atoms with Crippen LogP contribution in [0.25, 0.3) is 0 Å². The average molecular weight is 353 g/mol. The van der Waals surface area contributed by atoms with Crippen LogP contribution in [0, 0.1) is 0 Å². The highest BCUT2D eigenvalue weighted by Gasteiger charge is 2.12. The summed E-state index contributed by atoms with van der Waals surface area (Å²) >= 11 is 0. The van der Waals surface area contributed by atoms with Crippen molar-refractivity contribution in [2.75, 3.05) is 0 Å². The molecule has 0 spiro atoms.